The molecule has 0 heterocycles. The Kier molecular flexibility index (Phi) is 3.55. The van der Waals surface area contributed by atoms with Crippen molar-refractivity contribution in [1.82, 2.24) is 0 Å². The smallest absolute Gasteiger partial charge is 0.170 e. The van der Waals surface area contributed by atoms with Crippen LogP contribution in [0.1, 0.15) is 41.6 Å². The summed E-state index contributed by atoms with van der Waals surface area (Å²) in [5.74, 6) is 0.166. The van der Waals surface area contributed by atoms with Gasteiger partial charge < -0.3 is 5.73 Å². The zero-order valence-electron chi connectivity index (χ0n) is 10.1. The summed E-state index contributed by atoms with van der Waals surface area (Å²) in [5, 5.41) is 0.654. The van der Waals surface area contributed by atoms with Gasteiger partial charge in [-0.1, -0.05) is 36.6 Å². The maximum atomic E-state index is 12.5. The third kappa shape index (κ3) is 2.24. The molecule has 1 aromatic rings. The SMILES string of the molecule is Cc1ccc(C(=O)C2(CN)CCCC2)cc1Cl. The Bertz CT molecular complexity index is 436. The van der Waals surface area contributed by atoms with E-state index < -0.39 is 0 Å². The first kappa shape index (κ1) is 12.6. The molecule has 0 radical (unpaired) electrons. The van der Waals surface area contributed by atoms with Crippen molar-refractivity contribution in [2.75, 3.05) is 6.54 Å². The number of ketones is 1. The monoisotopic (exact) mass is 251 g/mol. The fourth-order valence-electron chi connectivity index (χ4n) is 2.62. The van der Waals surface area contributed by atoms with E-state index in [9.17, 15) is 4.79 Å². The number of benzene rings is 1. The number of hydrogen-bond acceptors (Lipinski definition) is 2. The lowest BCUT2D eigenvalue weighted by Crippen LogP contribution is -2.36. The van der Waals surface area contributed by atoms with Crippen molar-refractivity contribution in [2.24, 2.45) is 11.1 Å². The van der Waals surface area contributed by atoms with Crippen LogP contribution >= 0.6 is 11.6 Å². The van der Waals surface area contributed by atoms with E-state index in [0.29, 0.717) is 17.1 Å². The molecule has 0 bridgehead atoms. The van der Waals surface area contributed by atoms with Crippen LogP contribution in [0, 0.1) is 12.3 Å². The molecule has 0 atom stereocenters. The predicted octanol–water partition coefficient (Wildman–Crippen LogP) is 3.35. The van der Waals surface area contributed by atoms with Crippen LogP contribution in [0.2, 0.25) is 5.02 Å². The molecule has 1 aliphatic rings. The lowest BCUT2D eigenvalue weighted by molar-refractivity contribution is 0.0810. The normalized spacial score (nSPS) is 18.3. The summed E-state index contributed by atoms with van der Waals surface area (Å²) >= 11 is 6.07. The van der Waals surface area contributed by atoms with Crippen molar-refractivity contribution >= 4 is 17.4 Å². The van der Waals surface area contributed by atoms with Crippen LogP contribution in [0.15, 0.2) is 18.2 Å². The molecule has 0 aromatic heterocycles. The molecule has 0 spiro atoms. The number of nitrogens with two attached hydrogens (primary N) is 1. The lowest BCUT2D eigenvalue weighted by Gasteiger charge is -2.25. The molecule has 1 fully saturated rings. The summed E-state index contributed by atoms with van der Waals surface area (Å²) in [7, 11) is 0. The second-order valence-electron chi connectivity index (χ2n) is 4.98. The maximum absolute atomic E-state index is 12.5. The molecule has 1 aliphatic carbocycles. The number of halogens is 1. The number of Topliss-reactive ketones (excluding diaryl/α,β-unsaturated/α-hetero) is 1. The predicted molar refractivity (Wildman–Crippen MR) is 70.5 cm³/mol. The Morgan fingerprint density at radius 3 is 2.59 bits per heavy atom. The minimum absolute atomic E-state index is 0.166. The highest BCUT2D eigenvalue weighted by molar-refractivity contribution is 6.31. The van der Waals surface area contributed by atoms with Gasteiger partial charge in [0.05, 0.1) is 0 Å². The molecule has 0 amide bonds. The summed E-state index contributed by atoms with van der Waals surface area (Å²) in [4.78, 5) is 12.5. The number of carbonyl (C=O) groups excluding carboxylic acids is 1. The summed E-state index contributed by atoms with van der Waals surface area (Å²) < 4.78 is 0. The summed E-state index contributed by atoms with van der Waals surface area (Å²) in [5.41, 5.74) is 7.18. The molecule has 2 rings (SSSR count). The fourth-order valence-corrected chi connectivity index (χ4v) is 2.80. The van der Waals surface area contributed by atoms with Gasteiger partial charge in [0.2, 0.25) is 0 Å². The third-order valence-electron chi connectivity index (χ3n) is 3.87. The van der Waals surface area contributed by atoms with Crippen LogP contribution in [0.25, 0.3) is 0 Å². The van der Waals surface area contributed by atoms with E-state index in [0.717, 1.165) is 31.2 Å². The Morgan fingerprint density at radius 1 is 1.41 bits per heavy atom. The fraction of sp³-hybridized carbons (Fsp3) is 0.500. The first-order valence-electron chi connectivity index (χ1n) is 6.10. The second-order valence-corrected chi connectivity index (χ2v) is 5.39. The van der Waals surface area contributed by atoms with Gasteiger partial charge in [0.1, 0.15) is 0 Å². The largest absolute Gasteiger partial charge is 0.329 e. The molecule has 1 saturated carbocycles. The molecule has 17 heavy (non-hydrogen) atoms. The van der Waals surface area contributed by atoms with Gasteiger partial charge in [0, 0.05) is 22.5 Å². The highest BCUT2D eigenvalue weighted by Gasteiger charge is 2.40. The highest BCUT2D eigenvalue weighted by atomic mass is 35.5. The van der Waals surface area contributed by atoms with Gasteiger partial charge in [0.15, 0.2) is 5.78 Å². The van der Waals surface area contributed by atoms with E-state index in [-0.39, 0.29) is 11.2 Å². The van der Waals surface area contributed by atoms with E-state index in [1.807, 2.05) is 19.1 Å². The lowest BCUT2D eigenvalue weighted by atomic mass is 9.79. The molecular weight excluding hydrogens is 234 g/mol. The molecule has 0 saturated heterocycles. The Hall–Kier alpha value is -0.860. The summed E-state index contributed by atoms with van der Waals surface area (Å²) in [6.45, 7) is 2.38. The number of hydrogen-bond donors (Lipinski definition) is 1. The number of aryl methyl sites for hydroxylation is 1. The van der Waals surface area contributed by atoms with Gasteiger partial charge in [-0.15, -0.1) is 0 Å². The third-order valence-corrected chi connectivity index (χ3v) is 4.27. The molecule has 3 heteroatoms. The van der Waals surface area contributed by atoms with Crippen LogP contribution in [-0.2, 0) is 0 Å². The summed E-state index contributed by atoms with van der Waals surface area (Å²) in [6.07, 6.45) is 4.02. The van der Waals surface area contributed by atoms with Crippen molar-refractivity contribution in [2.45, 2.75) is 32.6 Å². The zero-order chi connectivity index (χ0) is 12.5. The van der Waals surface area contributed by atoms with Gasteiger partial charge in [-0.3, -0.25) is 4.79 Å². The minimum Gasteiger partial charge on any atom is -0.329 e. The standard InChI is InChI=1S/C14H18ClNO/c1-10-4-5-11(8-12(10)15)13(17)14(9-16)6-2-3-7-14/h4-5,8H,2-3,6-7,9,16H2,1H3. The highest BCUT2D eigenvalue weighted by Crippen LogP contribution is 2.40. The topological polar surface area (TPSA) is 43.1 Å². The van der Waals surface area contributed by atoms with E-state index in [1.165, 1.54) is 0 Å². The minimum atomic E-state index is -0.335. The van der Waals surface area contributed by atoms with Crippen LogP contribution in [-0.4, -0.2) is 12.3 Å². The Labute approximate surface area is 107 Å². The summed E-state index contributed by atoms with van der Waals surface area (Å²) in [6, 6.07) is 5.53. The van der Waals surface area contributed by atoms with Crippen LogP contribution in [0.5, 0.6) is 0 Å². The van der Waals surface area contributed by atoms with Gasteiger partial charge in [-0.2, -0.15) is 0 Å². The van der Waals surface area contributed by atoms with E-state index >= 15 is 0 Å². The van der Waals surface area contributed by atoms with Crippen LogP contribution in [0.4, 0.5) is 0 Å². The van der Waals surface area contributed by atoms with Crippen LogP contribution in [0.3, 0.4) is 0 Å². The molecule has 2 nitrogen and oxygen atoms in total. The molecule has 92 valence electrons. The quantitative estimate of drug-likeness (QED) is 0.838. The molecule has 0 aliphatic heterocycles. The van der Waals surface area contributed by atoms with Gasteiger partial charge >= 0.3 is 0 Å². The van der Waals surface area contributed by atoms with Crippen molar-refractivity contribution in [3.63, 3.8) is 0 Å². The average molecular weight is 252 g/mol. The second kappa shape index (κ2) is 4.79. The first-order chi connectivity index (χ1) is 8.09. The van der Waals surface area contributed by atoms with Crippen molar-refractivity contribution in [1.29, 1.82) is 0 Å². The Morgan fingerprint density at radius 2 is 2.06 bits per heavy atom. The van der Waals surface area contributed by atoms with Crippen LogP contribution < -0.4 is 5.73 Å². The maximum Gasteiger partial charge on any atom is 0.170 e. The van der Waals surface area contributed by atoms with Crippen molar-refractivity contribution in [3.05, 3.63) is 34.3 Å². The van der Waals surface area contributed by atoms with Gasteiger partial charge in [-0.25, -0.2) is 0 Å². The van der Waals surface area contributed by atoms with E-state index in [4.69, 9.17) is 17.3 Å². The first-order valence-corrected chi connectivity index (χ1v) is 6.48. The van der Waals surface area contributed by atoms with E-state index in [1.54, 1.807) is 6.07 Å². The molecular formula is C14H18ClNO. The van der Waals surface area contributed by atoms with Crippen molar-refractivity contribution < 1.29 is 4.79 Å². The van der Waals surface area contributed by atoms with Gasteiger partial charge in [0.25, 0.3) is 0 Å². The molecule has 2 N–H and O–H groups in total. The zero-order valence-corrected chi connectivity index (χ0v) is 10.9. The number of rotatable bonds is 3. The molecule has 1 aromatic carbocycles. The average Bonchev–Trinajstić information content (AvgIpc) is 2.81. The Balaban J connectivity index is 2.32. The molecule has 0 unspecified atom stereocenters. The number of carbonyl (C=O) groups is 1. The van der Waals surface area contributed by atoms with Gasteiger partial charge in [-0.05, 0) is 31.4 Å². The van der Waals surface area contributed by atoms with E-state index in [2.05, 4.69) is 0 Å². The van der Waals surface area contributed by atoms with Crippen molar-refractivity contribution in [3.8, 4) is 0 Å².